The van der Waals surface area contributed by atoms with Crippen LogP contribution in [0.25, 0.3) is 5.57 Å². The highest BCUT2D eigenvalue weighted by molar-refractivity contribution is 5.79. The maximum absolute atomic E-state index is 6.14. The minimum Gasteiger partial charge on any atom is -0.398 e. The molecule has 1 aliphatic rings. The van der Waals surface area contributed by atoms with Crippen molar-refractivity contribution in [3.63, 3.8) is 0 Å². The Morgan fingerprint density at radius 1 is 0.842 bits per heavy atom. The van der Waals surface area contributed by atoms with Gasteiger partial charge in [0.15, 0.2) is 0 Å². The molecule has 2 aromatic carbocycles. The molecule has 2 N–H and O–H groups in total. The predicted octanol–water partition coefficient (Wildman–Crippen LogP) is 4.10. The topological polar surface area (TPSA) is 26.0 Å². The fraction of sp³-hybridized carbons (Fsp3) is 0.111. The molecule has 94 valence electrons. The standard InChI is InChI=1S/C18H17N/c19-18-12-11-16(14-7-3-1-4-8-14)13-17(18)15-9-5-2-6-10-15/h1-10,12-13,16H,11,19H2. The van der Waals surface area contributed by atoms with E-state index in [0.29, 0.717) is 5.92 Å². The van der Waals surface area contributed by atoms with Crippen LogP contribution in [0.3, 0.4) is 0 Å². The van der Waals surface area contributed by atoms with Crippen LogP contribution in [0.15, 0.2) is 78.5 Å². The summed E-state index contributed by atoms with van der Waals surface area (Å²) in [6.45, 7) is 0. The molecule has 19 heavy (non-hydrogen) atoms. The van der Waals surface area contributed by atoms with Crippen molar-refractivity contribution in [2.75, 3.05) is 0 Å². The van der Waals surface area contributed by atoms with E-state index in [1.54, 1.807) is 0 Å². The summed E-state index contributed by atoms with van der Waals surface area (Å²) >= 11 is 0. The van der Waals surface area contributed by atoms with Gasteiger partial charge in [-0.2, -0.15) is 0 Å². The highest BCUT2D eigenvalue weighted by Gasteiger charge is 2.16. The third-order valence-corrected chi connectivity index (χ3v) is 3.58. The quantitative estimate of drug-likeness (QED) is 0.849. The van der Waals surface area contributed by atoms with Crippen molar-refractivity contribution in [1.29, 1.82) is 0 Å². The summed E-state index contributed by atoms with van der Waals surface area (Å²) in [6, 6.07) is 20.9. The number of nitrogens with two attached hydrogens (primary N) is 1. The summed E-state index contributed by atoms with van der Waals surface area (Å²) in [4.78, 5) is 0. The van der Waals surface area contributed by atoms with Crippen molar-refractivity contribution in [2.24, 2.45) is 5.73 Å². The summed E-state index contributed by atoms with van der Waals surface area (Å²) in [5.74, 6) is 0.420. The Morgan fingerprint density at radius 2 is 1.47 bits per heavy atom. The minimum atomic E-state index is 0.420. The fourth-order valence-corrected chi connectivity index (χ4v) is 2.54. The molecule has 0 bridgehead atoms. The van der Waals surface area contributed by atoms with Gasteiger partial charge in [0.2, 0.25) is 0 Å². The monoisotopic (exact) mass is 247 g/mol. The SMILES string of the molecule is NC1=CCC(c2ccccc2)C=C1c1ccccc1. The van der Waals surface area contributed by atoms with Crippen molar-refractivity contribution in [1.82, 2.24) is 0 Å². The van der Waals surface area contributed by atoms with E-state index in [1.807, 2.05) is 6.07 Å². The highest BCUT2D eigenvalue weighted by Crippen LogP contribution is 2.33. The van der Waals surface area contributed by atoms with Gasteiger partial charge < -0.3 is 5.73 Å². The zero-order chi connectivity index (χ0) is 13.1. The van der Waals surface area contributed by atoms with Crippen LogP contribution in [0, 0.1) is 0 Å². The Balaban J connectivity index is 1.98. The maximum Gasteiger partial charge on any atom is 0.0350 e. The van der Waals surface area contributed by atoms with E-state index in [0.717, 1.165) is 17.7 Å². The van der Waals surface area contributed by atoms with Gasteiger partial charge in [-0.15, -0.1) is 0 Å². The van der Waals surface area contributed by atoms with Gasteiger partial charge in [-0.3, -0.25) is 0 Å². The second-order valence-electron chi connectivity index (χ2n) is 4.86. The highest BCUT2D eigenvalue weighted by atomic mass is 14.6. The van der Waals surface area contributed by atoms with Crippen LogP contribution >= 0.6 is 0 Å². The molecule has 1 unspecified atom stereocenters. The molecule has 0 aromatic heterocycles. The fourth-order valence-electron chi connectivity index (χ4n) is 2.54. The lowest BCUT2D eigenvalue weighted by Gasteiger charge is -2.20. The Kier molecular flexibility index (Phi) is 3.20. The second-order valence-corrected chi connectivity index (χ2v) is 4.86. The molecule has 0 fully saturated rings. The number of hydrogen-bond donors (Lipinski definition) is 1. The molecule has 0 saturated carbocycles. The number of allylic oxidation sites excluding steroid dienone is 3. The first-order valence-corrected chi connectivity index (χ1v) is 6.63. The first-order chi connectivity index (χ1) is 9.34. The molecule has 2 aromatic rings. The van der Waals surface area contributed by atoms with E-state index in [2.05, 4.69) is 66.7 Å². The van der Waals surface area contributed by atoms with Crippen molar-refractivity contribution in [3.05, 3.63) is 89.6 Å². The number of rotatable bonds is 2. The molecular formula is C18H17N. The third kappa shape index (κ3) is 2.45. The Morgan fingerprint density at radius 3 is 2.16 bits per heavy atom. The molecule has 0 radical (unpaired) electrons. The molecule has 3 rings (SSSR count). The largest absolute Gasteiger partial charge is 0.398 e. The van der Waals surface area contributed by atoms with Gasteiger partial charge in [0.1, 0.15) is 0 Å². The van der Waals surface area contributed by atoms with Crippen LogP contribution in [0.1, 0.15) is 23.5 Å². The average molecular weight is 247 g/mol. The van der Waals surface area contributed by atoms with Crippen molar-refractivity contribution < 1.29 is 0 Å². The van der Waals surface area contributed by atoms with Crippen LogP contribution < -0.4 is 5.73 Å². The van der Waals surface area contributed by atoms with Gasteiger partial charge in [0.05, 0.1) is 0 Å². The van der Waals surface area contributed by atoms with Gasteiger partial charge in [-0.25, -0.2) is 0 Å². The second kappa shape index (κ2) is 5.15. The van der Waals surface area contributed by atoms with E-state index >= 15 is 0 Å². The van der Waals surface area contributed by atoms with E-state index in [4.69, 9.17) is 5.73 Å². The van der Waals surface area contributed by atoms with Crippen LogP contribution in [0.2, 0.25) is 0 Å². The summed E-state index contributed by atoms with van der Waals surface area (Å²) in [5.41, 5.74) is 10.7. The molecule has 1 nitrogen and oxygen atoms in total. The van der Waals surface area contributed by atoms with Gasteiger partial charge in [-0.1, -0.05) is 72.8 Å². The molecule has 1 aliphatic carbocycles. The van der Waals surface area contributed by atoms with E-state index in [1.165, 1.54) is 11.1 Å². The lowest BCUT2D eigenvalue weighted by atomic mass is 9.86. The lowest BCUT2D eigenvalue weighted by Crippen LogP contribution is -2.08. The van der Waals surface area contributed by atoms with E-state index in [-0.39, 0.29) is 0 Å². The number of benzene rings is 2. The lowest BCUT2D eigenvalue weighted by molar-refractivity contribution is 0.847. The summed E-state index contributed by atoms with van der Waals surface area (Å²) in [6.07, 6.45) is 5.41. The van der Waals surface area contributed by atoms with Crippen LogP contribution in [0.4, 0.5) is 0 Å². The van der Waals surface area contributed by atoms with Gasteiger partial charge in [-0.05, 0) is 17.5 Å². The molecule has 0 amide bonds. The molecule has 1 heteroatoms. The smallest absolute Gasteiger partial charge is 0.0350 e. The van der Waals surface area contributed by atoms with Crippen molar-refractivity contribution in [2.45, 2.75) is 12.3 Å². The average Bonchev–Trinajstić information content (AvgIpc) is 2.49. The first kappa shape index (κ1) is 11.8. The molecule has 0 aliphatic heterocycles. The van der Waals surface area contributed by atoms with Gasteiger partial charge in [0.25, 0.3) is 0 Å². The van der Waals surface area contributed by atoms with E-state index < -0.39 is 0 Å². The first-order valence-electron chi connectivity index (χ1n) is 6.63. The zero-order valence-electron chi connectivity index (χ0n) is 10.8. The van der Waals surface area contributed by atoms with Gasteiger partial charge in [0, 0.05) is 17.2 Å². The maximum atomic E-state index is 6.14. The molecule has 0 spiro atoms. The Labute approximate surface area is 114 Å². The zero-order valence-corrected chi connectivity index (χ0v) is 10.8. The van der Waals surface area contributed by atoms with Gasteiger partial charge >= 0.3 is 0 Å². The van der Waals surface area contributed by atoms with Crippen molar-refractivity contribution in [3.8, 4) is 0 Å². The Bertz CT molecular complexity index is 609. The minimum absolute atomic E-state index is 0.420. The summed E-state index contributed by atoms with van der Waals surface area (Å²) < 4.78 is 0. The molecular weight excluding hydrogens is 230 g/mol. The molecule has 0 saturated heterocycles. The summed E-state index contributed by atoms with van der Waals surface area (Å²) in [7, 11) is 0. The predicted molar refractivity (Wildman–Crippen MR) is 80.5 cm³/mol. The third-order valence-electron chi connectivity index (χ3n) is 3.58. The molecule has 0 heterocycles. The summed E-state index contributed by atoms with van der Waals surface area (Å²) in [5, 5.41) is 0. The van der Waals surface area contributed by atoms with Crippen LogP contribution in [-0.2, 0) is 0 Å². The Hall–Kier alpha value is -2.28. The van der Waals surface area contributed by atoms with E-state index in [9.17, 15) is 0 Å². The van der Waals surface area contributed by atoms with Crippen LogP contribution in [0.5, 0.6) is 0 Å². The number of hydrogen-bond acceptors (Lipinski definition) is 1. The van der Waals surface area contributed by atoms with Crippen LogP contribution in [-0.4, -0.2) is 0 Å². The normalized spacial score (nSPS) is 18.6. The van der Waals surface area contributed by atoms with Crippen molar-refractivity contribution >= 4 is 5.57 Å². The molecule has 1 atom stereocenters.